The van der Waals surface area contributed by atoms with Crippen LogP contribution in [0.1, 0.15) is 13.8 Å². The second-order valence-corrected chi connectivity index (χ2v) is 4.00. The number of hydrogen-bond donors (Lipinski definition) is 3. The molecule has 3 N–H and O–H groups in total. The Labute approximate surface area is 109 Å². The van der Waals surface area contributed by atoms with Gasteiger partial charge in [-0.3, -0.25) is 5.32 Å². The van der Waals surface area contributed by atoms with Crippen molar-refractivity contribution in [2.24, 2.45) is 15.9 Å². The van der Waals surface area contributed by atoms with E-state index in [9.17, 15) is 5.11 Å². The van der Waals surface area contributed by atoms with Gasteiger partial charge in [0.1, 0.15) is 17.9 Å². The van der Waals surface area contributed by atoms with Crippen LogP contribution in [-0.4, -0.2) is 50.7 Å². The first kappa shape index (κ1) is 16.8. The first-order chi connectivity index (χ1) is 8.51. The van der Waals surface area contributed by atoms with Crippen LogP contribution < -0.4 is 10.6 Å². The monoisotopic (exact) mass is 256 g/mol. The maximum atomic E-state index is 9.33. The Balaban J connectivity index is 4.48. The molecular weight excluding hydrogens is 232 g/mol. The van der Waals surface area contributed by atoms with Crippen LogP contribution >= 0.6 is 0 Å². The van der Waals surface area contributed by atoms with Gasteiger partial charge in [-0.05, 0) is 7.05 Å². The Morgan fingerprint density at radius 1 is 1.50 bits per heavy atom. The van der Waals surface area contributed by atoms with Gasteiger partial charge >= 0.3 is 0 Å². The van der Waals surface area contributed by atoms with Gasteiger partial charge in [-0.25, -0.2) is 9.98 Å². The van der Waals surface area contributed by atoms with Crippen LogP contribution in [-0.2, 0) is 4.74 Å². The van der Waals surface area contributed by atoms with Crippen LogP contribution in [0.5, 0.6) is 0 Å². The summed E-state index contributed by atoms with van der Waals surface area (Å²) in [5, 5.41) is 15.0. The third kappa shape index (κ3) is 7.94. The predicted octanol–water partition coefficient (Wildman–Crippen LogP) is 0.357. The van der Waals surface area contributed by atoms with Gasteiger partial charge in [0.25, 0.3) is 0 Å². The maximum Gasteiger partial charge on any atom is 0.141 e. The highest BCUT2D eigenvalue weighted by Gasteiger charge is 2.04. The topological polar surface area (TPSA) is 78.2 Å². The molecule has 1 unspecified atom stereocenters. The van der Waals surface area contributed by atoms with Crippen LogP contribution in [0, 0.1) is 5.92 Å². The van der Waals surface area contributed by atoms with Gasteiger partial charge in [-0.15, -0.1) is 0 Å². The maximum absolute atomic E-state index is 9.33. The van der Waals surface area contributed by atoms with Crippen LogP contribution in [0.15, 0.2) is 22.4 Å². The molecule has 6 nitrogen and oxygen atoms in total. The van der Waals surface area contributed by atoms with E-state index in [0.717, 1.165) is 0 Å². The zero-order valence-electron chi connectivity index (χ0n) is 11.6. The highest BCUT2D eigenvalue weighted by molar-refractivity contribution is 5.92. The number of nitrogens with one attached hydrogen (secondary N) is 2. The second kappa shape index (κ2) is 9.76. The number of rotatable bonds is 8. The Morgan fingerprint density at radius 3 is 2.67 bits per heavy atom. The Morgan fingerprint density at radius 2 is 2.17 bits per heavy atom. The zero-order chi connectivity index (χ0) is 14.0. The van der Waals surface area contributed by atoms with E-state index in [1.165, 1.54) is 6.21 Å². The predicted molar refractivity (Wildman–Crippen MR) is 74.9 cm³/mol. The summed E-state index contributed by atoms with van der Waals surface area (Å²) in [5.74, 6) is 1.29. The molecule has 0 aromatic heterocycles. The average molecular weight is 256 g/mol. The van der Waals surface area contributed by atoms with Crippen LogP contribution in [0.2, 0.25) is 0 Å². The fourth-order valence-corrected chi connectivity index (χ4v) is 1.00. The summed E-state index contributed by atoms with van der Waals surface area (Å²) in [7, 11) is 3.28. The van der Waals surface area contributed by atoms with Crippen LogP contribution in [0.3, 0.4) is 0 Å². The van der Waals surface area contributed by atoms with E-state index in [0.29, 0.717) is 24.8 Å². The molecular formula is C12H24N4O2. The van der Waals surface area contributed by atoms with Gasteiger partial charge in [-0.2, -0.15) is 0 Å². The lowest BCUT2D eigenvalue weighted by atomic mass is 10.2. The molecule has 6 heteroatoms. The number of aliphatic hydroxyl groups excluding tert-OH is 1. The zero-order valence-corrected chi connectivity index (χ0v) is 11.6. The van der Waals surface area contributed by atoms with Gasteiger partial charge in [0.15, 0.2) is 0 Å². The largest absolute Gasteiger partial charge is 0.383 e. The third-order valence-electron chi connectivity index (χ3n) is 2.04. The first-order valence-corrected chi connectivity index (χ1v) is 5.91. The lowest BCUT2D eigenvalue weighted by Gasteiger charge is -2.09. The van der Waals surface area contributed by atoms with Crippen molar-refractivity contribution in [3.05, 3.63) is 12.4 Å². The number of methoxy groups -OCH3 is 1. The van der Waals surface area contributed by atoms with E-state index in [1.54, 1.807) is 14.2 Å². The number of aliphatic hydroxyl groups is 1. The molecule has 18 heavy (non-hydrogen) atoms. The van der Waals surface area contributed by atoms with Gasteiger partial charge in [-0.1, -0.05) is 20.4 Å². The average Bonchev–Trinajstić information content (AvgIpc) is 2.33. The van der Waals surface area contributed by atoms with E-state index < -0.39 is 6.23 Å². The van der Waals surface area contributed by atoms with E-state index >= 15 is 0 Å². The second-order valence-electron chi connectivity index (χ2n) is 4.00. The minimum atomic E-state index is -0.774. The molecule has 104 valence electrons. The summed E-state index contributed by atoms with van der Waals surface area (Å²) in [6.07, 6.45) is 0.630. The molecule has 0 heterocycles. The lowest BCUT2D eigenvalue weighted by molar-refractivity contribution is 0.202. The Kier molecular flexibility index (Phi) is 9.08. The number of nitrogens with zero attached hydrogens (tertiary/aromatic N) is 2. The van der Waals surface area contributed by atoms with Crippen molar-refractivity contribution >= 4 is 12.1 Å². The van der Waals surface area contributed by atoms with Crippen LogP contribution in [0.25, 0.3) is 0 Å². The van der Waals surface area contributed by atoms with Crippen molar-refractivity contribution in [3.63, 3.8) is 0 Å². The highest BCUT2D eigenvalue weighted by atomic mass is 16.5. The molecule has 0 spiro atoms. The molecule has 0 fully saturated rings. The van der Waals surface area contributed by atoms with E-state index in [1.807, 2.05) is 13.8 Å². The van der Waals surface area contributed by atoms with E-state index in [4.69, 9.17) is 4.74 Å². The van der Waals surface area contributed by atoms with Gasteiger partial charge < -0.3 is 15.2 Å². The summed E-state index contributed by atoms with van der Waals surface area (Å²) >= 11 is 0. The minimum Gasteiger partial charge on any atom is -0.383 e. The first-order valence-electron chi connectivity index (χ1n) is 5.91. The molecule has 0 aliphatic rings. The number of hydrogen-bond acceptors (Lipinski definition) is 5. The molecule has 0 rings (SSSR count). The molecule has 0 radical (unpaired) electrons. The van der Waals surface area contributed by atoms with Crippen molar-refractivity contribution in [1.29, 1.82) is 0 Å². The van der Waals surface area contributed by atoms with Crippen molar-refractivity contribution in [3.8, 4) is 0 Å². The highest BCUT2D eigenvalue weighted by Crippen LogP contribution is 2.01. The van der Waals surface area contributed by atoms with Gasteiger partial charge in [0.2, 0.25) is 0 Å². The fraction of sp³-hybridized carbons (Fsp3) is 0.667. The smallest absolute Gasteiger partial charge is 0.141 e. The summed E-state index contributed by atoms with van der Waals surface area (Å²) in [5.41, 5.74) is 0. The Hall–Kier alpha value is -1.24. The van der Waals surface area contributed by atoms with Crippen molar-refractivity contribution in [1.82, 2.24) is 10.6 Å². The van der Waals surface area contributed by atoms with Gasteiger partial charge in [0.05, 0.1) is 6.61 Å². The fourth-order valence-electron chi connectivity index (χ4n) is 1.00. The molecule has 0 saturated carbocycles. The molecule has 1 atom stereocenters. The van der Waals surface area contributed by atoms with Crippen molar-refractivity contribution in [2.75, 3.05) is 27.3 Å². The number of amidine groups is 1. The summed E-state index contributed by atoms with van der Waals surface area (Å²) < 4.78 is 4.92. The van der Waals surface area contributed by atoms with Crippen molar-refractivity contribution < 1.29 is 9.84 Å². The quantitative estimate of drug-likeness (QED) is 0.253. The van der Waals surface area contributed by atoms with Gasteiger partial charge in [0, 0.05) is 25.8 Å². The molecule has 0 amide bonds. The lowest BCUT2D eigenvalue weighted by Crippen LogP contribution is -2.26. The summed E-state index contributed by atoms with van der Waals surface area (Å²) in [6, 6.07) is 0. The molecule has 0 aliphatic heterocycles. The van der Waals surface area contributed by atoms with E-state index in [-0.39, 0.29) is 5.92 Å². The normalized spacial score (nSPS) is 14.2. The summed E-state index contributed by atoms with van der Waals surface area (Å²) in [4.78, 5) is 8.42. The Bertz CT molecular complexity index is 300. The molecule has 0 aromatic rings. The third-order valence-corrected chi connectivity index (χ3v) is 2.04. The molecule has 0 aromatic carbocycles. The number of ether oxygens (including phenoxy) is 1. The molecule has 0 bridgehead atoms. The molecule has 0 aliphatic carbocycles. The SMILES string of the molecule is C=C(N=C(N=CC(O)NC)C(C)C)NCCOC. The summed E-state index contributed by atoms with van der Waals surface area (Å²) in [6.45, 7) is 8.98. The van der Waals surface area contributed by atoms with Crippen molar-refractivity contribution in [2.45, 2.75) is 20.1 Å². The number of aliphatic imine (C=N–C) groups is 2. The van der Waals surface area contributed by atoms with Crippen LogP contribution in [0.4, 0.5) is 0 Å². The van der Waals surface area contributed by atoms with E-state index in [2.05, 4.69) is 27.2 Å². The molecule has 0 saturated heterocycles. The minimum absolute atomic E-state index is 0.145. The standard InChI is InChI=1S/C12H24N4O2/c1-9(2)12(15-8-11(17)13-4)16-10(3)14-6-7-18-5/h8-9,11,13-14,17H,3,6-7H2,1-2,4-5H3.